The molecule has 0 spiro atoms. The maximum atomic E-state index is 10.8. The molecule has 0 heterocycles. The van der Waals surface area contributed by atoms with Gasteiger partial charge in [-0.05, 0) is 17.2 Å². The molecule has 2 rings (SSSR count). The Balaban J connectivity index is 1.96. The molecule has 0 aliphatic heterocycles. The molecule has 0 aromatic heterocycles. The van der Waals surface area contributed by atoms with E-state index in [1.54, 1.807) is 6.07 Å². The number of hydrogen-bond acceptors (Lipinski definition) is 3. The fourth-order valence-corrected chi connectivity index (χ4v) is 2.05. The first-order chi connectivity index (χ1) is 10.2. The van der Waals surface area contributed by atoms with Gasteiger partial charge in [0.2, 0.25) is 0 Å². The summed E-state index contributed by atoms with van der Waals surface area (Å²) in [4.78, 5) is 10.8. The quantitative estimate of drug-likeness (QED) is 0.850. The zero-order valence-electron chi connectivity index (χ0n) is 11.9. The molecule has 0 saturated heterocycles. The van der Waals surface area contributed by atoms with E-state index in [-0.39, 0.29) is 6.42 Å². The number of methoxy groups -OCH3 is 1. The van der Waals surface area contributed by atoms with Crippen LogP contribution in [0.15, 0.2) is 48.5 Å². The largest absolute Gasteiger partial charge is 0.496 e. The maximum absolute atomic E-state index is 10.8. The van der Waals surface area contributed by atoms with E-state index >= 15 is 0 Å². The molecular weight excluding hydrogens is 268 g/mol. The number of hydrogen-bond donors (Lipinski definition) is 1. The third-order valence-electron chi connectivity index (χ3n) is 3.07. The summed E-state index contributed by atoms with van der Waals surface area (Å²) in [6.07, 6.45) is -0.0473. The smallest absolute Gasteiger partial charge is 0.307 e. The molecule has 4 nitrogen and oxygen atoms in total. The standard InChI is InChI=1S/C17H18O4/c1-20-16-9-14(7-8-15(16)10-17(18)19)12-21-11-13-5-3-2-4-6-13/h2-9H,10-12H2,1H3,(H,18,19). The van der Waals surface area contributed by atoms with Crippen LogP contribution in [0.1, 0.15) is 16.7 Å². The number of carboxylic acid groups (broad SMARTS) is 1. The predicted octanol–water partition coefficient (Wildman–Crippen LogP) is 3.04. The van der Waals surface area contributed by atoms with Gasteiger partial charge in [0.25, 0.3) is 0 Å². The molecule has 0 aliphatic rings. The van der Waals surface area contributed by atoms with Crippen LogP contribution in [0.25, 0.3) is 0 Å². The molecule has 2 aromatic carbocycles. The average Bonchev–Trinajstić information content (AvgIpc) is 2.49. The summed E-state index contributed by atoms with van der Waals surface area (Å²) in [6.45, 7) is 0.999. The summed E-state index contributed by atoms with van der Waals surface area (Å²) < 4.78 is 10.9. The molecule has 0 aliphatic carbocycles. The number of benzene rings is 2. The lowest BCUT2D eigenvalue weighted by Gasteiger charge is -2.10. The summed E-state index contributed by atoms with van der Waals surface area (Å²) in [7, 11) is 1.54. The van der Waals surface area contributed by atoms with E-state index in [0.29, 0.717) is 24.5 Å². The molecule has 0 amide bonds. The summed E-state index contributed by atoms with van der Waals surface area (Å²) in [5, 5.41) is 8.84. The Morgan fingerprint density at radius 2 is 1.76 bits per heavy atom. The number of aliphatic carboxylic acids is 1. The van der Waals surface area contributed by atoms with E-state index in [4.69, 9.17) is 14.6 Å². The van der Waals surface area contributed by atoms with Gasteiger partial charge in [0, 0.05) is 5.56 Å². The molecule has 0 bridgehead atoms. The third-order valence-corrected chi connectivity index (χ3v) is 3.07. The lowest BCUT2D eigenvalue weighted by molar-refractivity contribution is -0.136. The Morgan fingerprint density at radius 3 is 2.43 bits per heavy atom. The van der Waals surface area contributed by atoms with Gasteiger partial charge in [-0.2, -0.15) is 0 Å². The Morgan fingerprint density at radius 1 is 1.05 bits per heavy atom. The summed E-state index contributed by atoms with van der Waals surface area (Å²) >= 11 is 0. The zero-order valence-corrected chi connectivity index (χ0v) is 11.9. The minimum Gasteiger partial charge on any atom is -0.496 e. The Hall–Kier alpha value is -2.33. The van der Waals surface area contributed by atoms with Crippen LogP contribution in [0, 0.1) is 0 Å². The van der Waals surface area contributed by atoms with Crippen LogP contribution in [-0.4, -0.2) is 18.2 Å². The minimum absolute atomic E-state index is 0.0473. The first kappa shape index (κ1) is 15.1. The molecule has 110 valence electrons. The normalized spacial score (nSPS) is 10.3. The van der Waals surface area contributed by atoms with Crippen molar-refractivity contribution in [3.8, 4) is 5.75 Å². The van der Waals surface area contributed by atoms with Crippen LogP contribution in [0.2, 0.25) is 0 Å². The number of carboxylic acids is 1. The van der Waals surface area contributed by atoms with Crippen molar-refractivity contribution < 1.29 is 19.4 Å². The number of rotatable bonds is 7. The van der Waals surface area contributed by atoms with Gasteiger partial charge in [-0.3, -0.25) is 4.79 Å². The molecule has 2 aromatic rings. The molecule has 0 fully saturated rings. The van der Waals surface area contributed by atoms with E-state index in [1.165, 1.54) is 7.11 Å². The van der Waals surface area contributed by atoms with Crippen LogP contribution in [0.3, 0.4) is 0 Å². The lowest BCUT2D eigenvalue weighted by atomic mass is 10.1. The van der Waals surface area contributed by atoms with Gasteiger partial charge in [0.05, 0.1) is 26.7 Å². The highest BCUT2D eigenvalue weighted by atomic mass is 16.5. The Bertz CT molecular complexity index is 593. The monoisotopic (exact) mass is 286 g/mol. The van der Waals surface area contributed by atoms with Crippen molar-refractivity contribution in [2.75, 3.05) is 7.11 Å². The molecule has 0 saturated carbocycles. The highest BCUT2D eigenvalue weighted by Crippen LogP contribution is 2.21. The van der Waals surface area contributed by atoms with Gasteiger partial charge < -0.3 is 14.6 Å². The molecule has 0 unspecified atom stereocenters. The van der Waals surface area contributed by atoms with Crippen LogP contribution in [-0.2, 0) is 29.2 Å². The van der Waals surface area contributed by atoms with Crippen LogP contribution < -0.4 is 4.74 Å². The molecule has 4 heteroatoms. The van der Waals surface area contributed by atoms with Crippen molar-refractivity contribution in [2.45, 2.75) is 19.6 Å². The average molecular weight is 286 g/mol. The molecule has 0 atom stereocenters. The SMILES string of the molecule is COc1cc(COCc2ccccc2)ccc1CC(=O)O. The van der Waals surface area contributed by atoms with Crippen LogP contribution in [0.5, 0.6) is 5.75 Å². The summed E-state index contributed by atoms with van der Waals surface area (Å²) in [6, 6.07) is 15.4. The Kier molecular flexibility index (Phi) is 5.35. The highest BCUT2D eigenvalue weighted by Gasteiger charge is 2.08. The van der Waals surface area contributed by atoms with Crippen LogP contribution in [0.4, 0.5) is 0 Å². The molecule has 0 radical (unpaired) electrons. The van der Waals surface area contributed by atoms with Gasteiger partial charge in [0.15, 0.2) is 0 Å². The zero-order chi connectivity index (χ0) is 15.1. The first-order valence-electron chi connectivity index (χ1n) is 6.68. The predicted molar refractivity (Wildman–Crippen MR) is 79.3 cm³/mol. The molecular formula is C17H18O4. The minimum atomic E-state index is -0.874. The van der Waals surface area contributed by atoms with Gasteiger partial charge in [-0.15, -0.1) is 0 Å². The summed E-state index contributed by atoms with van der Waals surface area (Å²) in [5.74, 6) is -0.292. The van der Waals surface area contributed by atoms with E-state index in [0.717, 1.165) is 11.1 Å². The lowest BCUT2D eigenvalue weighted by Crippen LogP contribution is -2.03. The second-order valence-electron chi connectivity index (χ2n) is 4.70. The fourth-order valence-electron chi connectivity index (χ4n) is 2.05. The topological polar surface area (TPSA) is 55.8 Å². The van der Waals surface area contributed by atoms with Gasteiger partial charge in [0.1, 0.15) is 5.75 Å². The van der Waals surface area contributed by atoms with Crippen molar-refractivity contribution in [3.05, 3.63) is 65.2 Å². The van der Waals surface area contributed by atoms with Gasteiger partial charge >= 0.3 is 5.97 Å². The maximum Gasteiger partial charge on any atom is 0.307 e. The van der Waals surface area contributed by atoms with Crippen molar-refractivity contribution in [3.63, 3.8) is 0 Å². The Labute approximate surface area is 123 Å². The van der Waals surface area contributed by atoms with Crippen molar-refractivity contribution in [1.29, 1.82) is 0 Å². The molecule has 21 heavy (non-hydrogen) atoms. The second kappa shape index (κ2) is 7.45. The number of carbonyl (C=O) groups is 1. The van der Waals surface area contributed by atoms with E-state index in [1.807, 2.05) is 42.5 Å². The second-order valence-corrected chi connectivity index (χ2v) is 4.70. The van der Waals surface area contributed by atoms with Gasteiger partial charge in [-0.1, -0.05) is 42.5 Å². The van der Waals surface area contributed by atoms with E-state index in [9.17, 15) is 4.79 Å². The van der Waals surface area contributed by atoms with Gasteiger partial charge in [-0.25, -0.2) is 0 Å². The third kappa shape index (κ3) is 4.61. The van der Waals surface area contributed by atoms with E-state index < -0.39 is 5.97 Å². The fraction of sp³-hybridized carbons (Fsp3) is 0.235. The highest BCUT2D eigenvalue weighted by molar-refractivity contribution is 5.71. The summed E-state index contributed by atoms with van der Waals surface area (Å²) in [5.41, 5.74) is 2.74. The number of ether oxygens (including phenoxy) is 2. The van der Waals surface area contributed by atoms with Crippen molar-refractivity contribution in [2.24, 2.45) is 0 Å². The first-order valence-corrected chi connectivity index (χ1v) is 6.68. The van der Waals surface area contributed by atoms with E-state index in [2.05, 4.69) is 0 Å². The molecule has 1 N–H and O–H groups in total. The van der Waals surface area contributed by atoms with Crippen molar-refractivity contribution in [1.82, 2.24) is 0 Å². The van der Waals surface area contributed by atoms with Crippen molar-refractivity contribution >= 4 is 5.97 Å². The van der Waals surface area contributed by atoms with Crippen LogP contribution >= 0.6 is 0 Å².